The van der Waals surface area contributed by atoms with Gasteiger partial charge in [0.1, 0.15) is 5.75 Å². The first kappa shape index (κ1) is 19.2. The maximum Gasteiger partial charge on any atom is 0.263 e. The van der Waals surface area contributed by atoms with E-state index < -0.39 is 15.9 Å². The molecular weight excluding hydrogens is 384 g/mol. The summed E-state index contributed by atoms with van der Waals surface area (Å²) in [5, 5.41) is 10.3. The summed E-state index contributed by atoms with van der Waals surface area (Å²) < 4.78 is 33.1. The van der Waals surface area contributed by atoms with E-state index in [1.165, 1.54) is 44.1 Å². The lowest BCUT2D eigenvalue weighted by Crippen LogP contribution is -2.20. The molecule has 0 bridgehead atoms. The quantitative estimate of drug-likeness (QED) is 0.515. The number of hydrogen-bond donors (Lipinski definition) is 2. The van der Waals surface area contributed by atoms with E-state index in [2.05, 4.69) is 26.8 Å². The zero-order valence-electron chi connectivity index (χ0n) is 13.5. The van der Waals surface area contributed by atoms with Crippen molar-refractivity contribution in [2.75, 3.05) is 24.6 Å². The molecule has 0 aliphatic heterocycles. The number of sulfonamides is 1. The molecule has 134 valence electrons. The minimum atomic E-state index is -3.92. The number of nitrogens with zero attached hydrogens (tertiary/aromatic N) is 2. The number of methoxy groups -OCH3 is 1. The van der Waals surface area contributed by atoms with Gasteiger partial charge in [-0.2, -0.15) is 0 Å². The number of carbonyl (C=O) groups is 1. The molecule has 0 saturated heterocycles. The predicted molar refractivity (Wildman–Crippen MR) is 98.0 cm³/mol. The van der Waals surface area contributed by atoms with Gasteiger partial charge in [-0.3, -0.25) is 9.52 Å². The van der Waals surface area contributed by atoms with Crippen LogP contribution in [0.25, 0.3) is 0 Å². The zero-order valence-corrected chi connectivity index (χ0v) is 15.9. The average molecular weight is 401 g/mol. The molecule has 0 spiro atoms. The molecule has 0 saturated carbocycles. The minimum absolute atomic E-state index is 0.0811. The fraction of sp³-hybridized carbons (Fsp3) is 0.214. The summed E-state index contributed by atoms with van der Waals surface area (Å²) in [7, 11) is -1.07. The van der Waals surface area contributed by atoms with E-state index in [4.69, 9.17) is 4.74 Å². The smallest absolute Gasteiger partial charge is 0.263 e. The second-order valence-corrected chi connectivity index (χ2v) is 8.45. The molecule has 2 N–H and O–H groups in total. The molecule has 8 nitrogen and oxygen atoms in total. The molecule has 25 heavy (non-hydrogen) atoms. The van der Waals surface area contributed by atoms with Crippen LogP contribution in [0.3, 0.4) is 0 Å². The molecule has 1 heterocycles. The third-order valence-electron chi connectivity index (χ3n) is 2.91. The van der Waals surface area contributed by atoms with Crippen molar-refractivity contribution >= 4 is 44.2 Å². The highest BCUT2D eigenvalue weighted by atomic mass is 32.2. The van der Waals surface area contributed by atoms with Crippen LogP contribution in [0.15, 0.2) is 40.1 Å². The molecule has 1 aromatic heterocycles. The van der Waals surface area contributed by atoms with Crippen molar-refractivity contribution in [3.8, 4) is 5.75 Å². The Bertz CT molecular complexity index is 880. The van der Waals surface area contributed by atoms with E-state index in [0.29, 0.717) is 10.1 Å². The highest BCUT2D eigenvalue weighted by Crippen LogP contribution is 2.28. The van der Waals surface area contributed by atoms with Crippen LogP contribution < -0.4 is 14.8 Å². The zero-order chi connectivity index (χ0) is 18.4. The van der Waals surface area contributed by atoms with Crippen LogP contribution in [-0.4, -0.2) is 44.4 Å². The Morgan fingerprint density at radius 3 is 2.84 bits per heavy atom. The summed E-state index contributed by atoms with van der Waals surface area (Å²) in [6.07, 6.45) is 1.72. The number of ether oxygens (including phenoxy) is 1. The van der Waals surface area contributed by atoms with E-state index in [-0.39, 0.29) is 21.3 Å². The molecule has 2 rings (SSSR count). The van der Waals surface area contributed by atoms with E-state index in [1.54, 1.807) is 6.08 Å². The SMILES string of the molecule is C=CCSc1nnc(NS(=O)(=O)c2ccc(OC)c(C(=O)NC)c2)s1. The van der Waals surface area contributed by atoms with Crippen molar-refractivity contribution in [3.63, 3.8) is 0 Å². The maximum atomic E-state index is 12.5. The van der Waals surface area contributed by atoms with Crippen LogP contribution in [0, 0.1) is 0 Å². The summed E-state index contributed by atoms with van der Waals surface area (Å²) >= 11 is 2.52. The first-order valence-corrected chi connectivity index (χ1v) is 10.2. The Kier molecular flexibility index (Phi) is 6.39. The minimum Gasteiger partial charge on any atom is -0.496 e. The number of thioether (sulfide) groups is 1. The predicted octanol–water partition coefficient (Wildman–Crippen LogP) is 1.99. The summed E-state index contributed by atoms with van der Waals surface area (Å²) in [6.45, 7) is 3.61. The fourth-order valence-corrected chi connectivity index (χ4v) is 4.55. The van der Waals surface area contributed by atoms with Gasteiger partial charge in [0.2, 0.25) is 5.13 Å². The van der Waals surface area contributed by atoms with Gasteiger partial charge in [0.15, 0.2) is 4.34 Å². The van der Waals surface area contributed by atoms with Crippen LogP contribution in [0.5, 0.6) is 5.75 Å². The van der Waals surface area contributed by atoms with Gasteiger partial charge in [-0.1, -0.05) is 29.2 Å². The Morgan fingerprint density at radius 2 is 2.20 bits per heavy atom. The van der Waals surface area contributed by atoms with Crippen molar-refractivity contribution in [2.24, 2.45) is 0 Å². The standard InChI is InChI=1S/C14H16N4O4S3/c1-4-7-23-14-17-16-13(24-14)18-25(20,21)9-5-6-11(22-3)10(8-9)12(19)15-2/h4-6,8H,1,7H2,2-3H3,(H,15,19)(H,16,18). The van der Waals surface area contributed by atoms with Crippen molar-refractivity contribution in [2.45, 2.75) is 9.24 Å². The lowest BCUT2D eigenvalue weighted by Gasteiger charge is -2.10. The lowest BCUT2D eigenvalue weighted by molar-refractivity contribution is 0.0960. The van der Waals surface area contributed by atoms with Crippen molar-refractivity contribution in [1.29, 1.82) is 0 Å². The molecule has 0 radical (unpaired) electrons. The fourth-order valence-electron chi connectivity index (χ4n) is 1.78. The molecule has 0 aliphatic rings. The van der Waals surface area contributed by atoms with Gasteiger partial charge in [0.25, 0.3) is 15.9 Å². The topological polar surface area (TPSA) is 110 Å². The summed E-state index contributed by atoms with van der Waals surface area (Å²) in [4.78, 5) is 11.8. The van der Waals surface area contributed by atoms with Crippen LogP contribution in [0.1, 0.15) is 10.4 Å². The molecule has 11 heteroatoms. The summed E-state index contributed by atoms with van der Waals surface area (Å²) in [5.41, 5.74) is 0.118. The number of aromatic nitrogens is 2. The van der Waals surface area contributed by atoms with Gasteiger partial charge in [-0.05, 0) is 18.2 Å². The normalized spacial score (nSPS) is 11.0. The van der Waals surface area contributed by atoms with Gasteiger partial charge in [0.05, 0.1) is 17.6 Å². The molecule has 0 fully saturated rings. The van der Waals surface area contributed by atoms with E-state index >= 15 is 0 Å². The van der Waals surface area contributed by atoms with Crippen molar-refractivity contribution in [1.82, 2.24) is 15.5 Å². The van der Waals surface area contributed by atoms with E-state index in [0.717, 1.165) is 11.3 Å². The summed E-state index contributed by atoms with van der Waals surface area (Å²) in [5.74, 6) is 0.472. The molecule has 1 aromatic carbocycles. The van der Waals surface area contributed by atoms with Crippen LogP contribution in [0.4, 0.5) is 5.13 Å². The Morgan fingerprint density at radius 1 is 1.44 bits per heavy atom. The number of rotatable bonds is 8. The van der Waals surface area contributed by atoms with E-state index in [9.17, 15) is 13.2 Å². The Balaban J connectivity index is 2.28. The number of hydrogen-bond acceptors (Lipinski definition) is 8. The number of carbonyl (C=O) groups excluding carboxylic acids is 1. The number of benzene rings is 1. The average Bonchev–Trinajstić information content (AvgIpc) is 3.05. The van der Waals surface area contributed by atoms with Crippen LogP contribution >= 0.6 is 23.1 Å². The van der Waals surface area contributed by atoms with Crippen LogP contribution in [0.2, 0.25) is 0 Å². The first-order valence-electron chi connectivity index (χ1n) is 6.91. The monoisotopic (exact) mass is 400 g/mol. The molecular formula is C14H16N4O4S3. The Labute approximate surface area is 153 Å². The van der Waals surface area contributed by atoms with Gasteiger partial charge in [-0.15, -0.1) is 16.8 Å². The Hall–Kier alpha value is -2.11. The number of nitrogens with one attached hydrogen (secondary N) is 2. The molecule has 1 amide bonds. The van der Waals surface area contributed by atoms with Crippen molar-refractivity contribution < 1.29 is 17.9 Å². The molecule has 0 aliphatic carbocycles. The van der Waals surface area contributed by atoms with Crippen LogP contribution in [-0.2, 0) is 10.0 Å². The number of amides is 1. The lowest BCUT2D eigenvalue weighted by atomic mass is 10.2. The van der Waals surface area contributed by atoms with Gasteiger partial charge < -0.3 is 10.1 Å². The number of anilines is 1. The molecule has 2 aromatic rings. The molecule has 0 unspecified atom stereocenters. The maximum absolute atomic E-state index is 12.5. The summed E-state index contributed by atoms with van der Waals surface area (Å²) in [6, 6.07) is 4.01. The highest BCUT2D eigenvalue weighted by Gasteiger charge is 2.21. The second-order valence-electron chi connectivity index (χ2n) is 4.52. The molecule has 0 atom stereocenters. The second kappa shape index (κ2) is 8.32. The van der Waals surface area contributed by atoms with Crippen molar-refractivity contribution in [3.05, 3.63) is 36.4 Å². The third-order valence-corrected chi connectivity index (χ3v) is 6.34. The largest absolute Gasteiger partial charge is 0.496 e. The third kappa shape index (κ3) is 4.71. The first-order chi connectivity index (χ1) is 11.9. The van der Waals surface area contributed by atoms with Gasteiger partial charge in [-0.25, -0.2) is 8.42 Å². The van der Waals surface area contributed by atoms with E-state index in [1.807, 2.05) is 0 Å². The highest BCUT2D eigenvalue weighted by molar-refractivity contribution is 8.01. The van der Waals surface area contributed by atoms with Gasteiger partial charge in [0, 0.05) is 12.8 Å². The van der Waals surface area contributed by atoms with Gasteiger partial charge >= 0.3 is 0 Å².